The van der Waals surface area contributed by atoms with Crippen LogP contribution >= 0.6 is 0 Å². The maximum absolute atomic E-state index is 12.2. The van der Waals surface area contributed by atoms with Crippen LogP contribution in [-0.2, 0) is 15.9 Å². The van der Waals surface area contributed by atoms with Gasteiger partial charge in [0.1, 0.15) is 6.61 Å². The highest BCUT2D eigenvalue weighted by Gasteiger charge is 2.22. The van der Waals surface area contributed by atoms with Crippen LogP contribution in [-0.4, -0.2) is 59.5 Å². The third-order valence-corrected chi connectivity index (χ3v) is 5.19. The summed E-state index contributed by atoms with van der Waals surface area (Å²) in [6, 6.07) is 7.87. The Bertz CT molecular complexity index is 1020. The number of imidazole rings is 1. The van der Waals surface area contributed by atoms with Crippen molar-refractivity contribution in [1.29, 1.82) is 0 Å². The molecule has 0 fully saturated rings. The summed E-state index contributed by atoms with van der Waals surface area (Å²) < 4.78 is 18.2. The Morgan fingerprint density at radius 3 is 2.67 bits per heavy atom. The number of methoxy groups -OCH3 is 1. The molecule has 1 aromatic carbocycles. The number of rotatable bonds is 9. The molecule has 3 aromatic rings. The second-order valence-corrected chi connectivity index (χ2v) is 7.26. The molecule has 8 nitrogen and oxygen atoms in total. The number of amides is 1. The Hall–Kier alpha value is -2.87. The first-order valence-corrected chi connectivity index (χ1v) is 10.3. The SMILES string of the molecule is CCc1c(C(C)CC)nc2nc3ccccc3n2c1OCN(C)C(=O)OCCOC. The number of hydrogen-bond acceptors (Lipinski definition) is 6. The number of hydrogen-bond donors (Lipinski definition) is 0. The van der Waals surface area contributed by atoms with Gasteiger partial charge in [0.25, 0.3) is 0 Å². The van der Waals surface area contributed by atoms with Crippen LogP contribution in [0.1, 0.15) is 44.4 Å². The van der Waals surface area contributed by atoms with Crippen LogP contribution in [0.5, 0.6) is 5.88 Å². The molecule has 2 aromatic heterocycles. The molecule has 0 aliphatic carbocycles. The van der Waals surface area contributed by atoms with Gasteiger partial charge in [-0.25, -0.2) is 19.2 Å². The lowest BCUT2D eigenvalue weighted by atomic mass is 9.99. The molecule has 1 amide bonds. The van der Waals surface area contributed by atoms with Gasteiger partial charge in [-0.1, -0.05) is 32.9 Å². The van der Waals surface area contributed by atoms with Gasteiger partial charge in [0.2, 0.25) is 11.7 Å². The number of carbonyl (C=O) groups excluding carboxylic acids is 1. The van der Waals surface area contributed by atoms with Gasteiger partial charge in [-0.05, 0) is 30.9 Å². The second kappa shape index (κ2) is 9.75. The number of carbonyl (C=O) groups is 1. The van der Waals surface area contributed by atoms with E-state index in [2.05, 4.69) is 20.8 Å². The summed E-state index contributed by atoms with van der Waals surface area (Å²) in [4.78, 5) is 23.1. The Balaban J connectivity index is 2.01. The Labute approximate surface area is 176 Å². The van der Waals surface area contributed by atoms with E-state index in [0.717, 1.165) is 35.1 Å². The van der Waals surface area contributed by atoms with Crippen LogP contribution in [0, 0.1) is 0 Å². The van der Waals surface area contributed by atoms with Gasteiger partial charge in [-0.15, -0.1) is 0 Å². The van der Waals surface area contributed by atoms with Crippen molar-refractivity contribution in [2.45, 2.75) is 39.5 Å². The average molecular weight is 415 g/mol. The van der Waals surface area contributed by atoms with Gasteiger partial charge in [-0.2, -0.15) is 0 Å². The lowest BCUT2D eigenvalue weighted by molar-refractivity contribution is 0.0585. The fraction of sp³-hybridized carbons (Fsp3) is 0.500. The molecule has 2 heterocycles. The molecule has 162 valence electrons. The molecule has 0 radical (unpaired) electrons. The molecule has 8 heteroatoms. The summed E-state index contributed by atoms with van der Waals surface area (Å²) in [5, 5.41) is 0. The summed E-state index contributed by atoms with van der Waals surface area (Å²) >= 11 is 0. The minimum Gasteiger partial charge on any atom is -0.457 e. The van der Waals surface area contributed by atoms with E-state index in [1.165, 1.54) is 4.90 Å². The Kier molecular flexibility index (Phi) is 7.10. The van der Waals surface area contributed by atoms with Crippen molar-refractivity contribution in [3.63, 3.8) is 0 Å². The summed E-state index contributed by atoms with van der Waals surface area (Å²) in [5.74, 6) is 1.54. The van der Waals surface area contributed by atoms with Gasteiger partial charge in [0.15, 0.2) is 6.73 Å². The summed E-state index contributed by atoms with van der Waals surface area (Å²) in [6.45, 7) is 6.98. The predicted octanol–water partition coefficient (Wildman–Crippen LogP) is 4.01. The van der Waals surface area contributed by atoms with Crippen LogP contribution in [0.25, 0.3) is 16.8 Å². The van der Waals surface area contributed by atoms with Crippen molar-refractivity contribution in [3.05, 3.63) is 35.5 Å². The Morgan fingerprint density at radius 1 is 1.20 bits per heavy atom. The summed E-state index contributed by atoms with van der Waals surface area (Å²) in [6.07, 6.45) is 1.25. The molecular weight excluding hydrogens is 384 g/mol. The molecule has 0 aliphatic rings. The van der Waals surface area contributed by atoms with Gasteiger partial charge >= 0.3 is 6.09 Å². The number of ether oxygens (including phenoxy) is 3. The highest BCUT2D eigenvalue weighted by atomic mass is 16.6. The van der Waals surface area contributed by atoms with E-state index in [-0.39, 0.29) is 19.3 Å². The minimum absolute atomic E-state index is 0.0460. The number of aromatic nitrogens is 3. The zero-order valence-corrected chi connectivity index (χ0v) is 18.3. The number of fused-ring (bicyclic) bond motifs is 3. The van der Waals surface area contributed by atoms with Crippen molar-refractivity contribution in [1.82, 2.24) is 19.3 Å². The smallest absolute Gasteiger partial charge is 0.412 e. The predicted molar refractivity (Wildman–Crippen MR) is 115 cm³/mol. The average Bonchev–Trinajstić information content (AvgIpc) is 3.14. The first-order chi connectivity index (χ1) is 14.5. The van der Waals surface area contributed by atoms with Crippen molar-refractivity contribution in [2.75, 3.05) is 34.1 Å². The monoisotopic (exact) mass is 414 g/mol. The fourth-order valence-electron chi connectivity index (χ4n) is 3.33. The van der Waals surface area contributed by atoms with Gasteiger partial charge < -0.3 is 14.2 Å². The zero-order chi connectivity index (χ0) is 21.7. The fourth-order valence-corrected chi connectivity index (χ4v) is 3.33. The maximum Gasteiger partial charge on any atom is 0.412 e. The van der Waals surface area contributed by atoms with Crippen LogP contribution < -0.4 is 4.74 Å². The first-order valence-electron chi connectivity index (χ1n) is 10.3. The topological polar surface area (TPSA) is 78.2 Å². The molecule has 30 heavy (non-hydrogen) atoms. The maximum atomic E-state index is 12.2. The molecule has 0 aliphatic heterocycles. The molecule has 3 rings (SSSR count). The van der Waals surface area contributed by atoms with Crippen LogP contribution in [0.3, 0.4) is 0 Å². The highest BCUT2D eigenvalue weighted by Crippen LogP contribution is 2.32. The molecule has 0 N–H and O–H groups in total. The molecule has 0 saturated carbocycles. The Morgan fingerprint density at radius 2 is 1.97 bits per heavy atom. The highest BCUT2D eigenvalue weighted by molar-refractivity contribution is 5.80. The molecule has 1 atom stereocenters. The van der Waals surface area contributed by atoms with E-state index in [9.17, 15) is 4.79 Å². The standard InChI is InChI=1S/C22H30N4O4/c1-6-15(3)19-16(7-2)20(30-14-25(4)22(27)29-13-12-28-5)26-18-11-9-8-10-17(18)23-21(26)24-19/h8-11,15H,6-7,12-14H2,1-5H3. The number of nitrogens with zero attached hydrogens (tertiary/aromatic N) is 4. The van der Waals surface area contributed by atoms with E-state index in [0.29, 0.717) is 18.3 Å². The normalized spacial score (nSPS) is 12.3. The zero-order valence-electron chi connectivity index (χ0n) is 18.3. The van der Waals surface area contributed by atoms with Gasteiger partial charge in [0.05, 0.1) is 23.3 Å². The van der Waals surface area contributed by atoms with Gasteiger partial charge in [0, 0.05) is 19.7 Å². The largest absolute Gasteiger partial charge is 0.457 e. The molecule has 0 saturated heterocycles. The molecule has 0 spiro atoms. The van der Waals surface area contributed by atoms with E-state index in [1.807, 2.05) is 28.7 Å². The molecule has 0 bridgehead atoms. The van der Waals surface area contributed by atoms with Crippen molar-refractivity contribution in [3.8, 4) is 5.88 Å². The summed E-state index contributed by atoms with van der Waals surface area (Å²) in [7, 11) is 3.20. The minimum atomic E-state index is -0.465. The van der Waals surface area contributed by atoms with Gasteiger partial charge in [-0.3, -0.25) is 4.90 Å². The molecule has 1 unspecified atom stereocenters. The van der Waals surface area contributed by atoms with Crippen molar-refractivity contribution >= 4 is 22.9 Å². The lowest BCUT2D eigenvalue weighted by Crippen LogP contribution is -2.32. The molecular formula is C22H30N4O4. The van der Waals surface area contributed by atoms with E-state index < -0.39 is 6.09 Å². The van der Waals surface area contributed by atoms with E-state index >= 15 is 0 Å². The summed E-state index contributed by atoms with van der Waals surface area (Å²) in [5.41, 5.74) is 3.79. The quantitative estimate of drug-likeness (QED) is 0.389. The number of benzene rings is 1. The second-order valence-electron chi connectivity index (χ2n) is 7.26. The van der Waals surface area contributed by atoms with Crippen LogP contribution in [0.15, 0.2) is 24.3 Å². The van der Waals surface area contributed by atoms with Crippen LogP contribution in [0.4, 0.5) is 4.79 Å². The lowest BCUT2D eigenvalue weighted by Gasteiger charge is -2.22. The first kappa shape index (κ1) is 21.8. The van der Waals surface area contributed by atoms with E-state index in [4.69, 9.17) is 24.2 Å². The number of para-hydroxylation sites is 2. The third-order valence-electron chi connectivity index (χ3n) is 5.19. The van der Waals surface area contributed by atoms with E-state index in [1.54, 1.807) is 14.2 Å². The van der Waals surface area contributed by atoms with Crippen molar-refractivity contribution < 1.29 is 19.0 Å². The van der Waals surface area contributed by atoms with Crippen LogP contribution in [0.2, 0.25) is 0 Å². The third kappa shape index (κ3) is 4.33. The van der Waals surface area contributed by atoms with Crippen molar-refractivity contribution in [2.24, 2.45) is 0 Å².